The number of rotatable bonds is 4. The van der Waals surface area contributed by atoms with E-state index in [0.29, 0.717) is 18.1 Å². The van der Waals surface area contributed by atoms with Crippen molar-refractivity contribution in [2.45, 2.75) is 26.9 Å². The molecular formula is C9H13N7O. The molecule has 2 aromatic heterocycles. The zero-order valence-corrected chi connectivity index (χ0v) is 9.64. The Balaban J connectivity index is 2.04. The van der Waals surface area contributed by atoms with E-state index in [4.69, 9.17) is 0 Å². The van der Waals surface area contributed by atoms with Gasteiger partial charge in [-0.25, -0.2) is 0 Å². The summed E-state index contributed by atoms with van der Waals surface area (Å²) in [5, 5.41) is 20.1. The number of amides is 1. The highest BCUT2D eigenvalue weighted by Crippen LogP contribution is 2.03. The van der Waals surface area contributed by atoms with Gasteiger partial charge in [-0.1, -0.05) is 5.21 Å². The lowest BCUT2D eigenvalue weighted by molar-refractivity contribution is 0.0939. The van der Waals surface area contributed by atoms with Crippen LogP contribution in [0, 0.1) is 6.92 Å². The molecule has 8 nitrogen and oxygen atoms in total. The SMILES string of the molecule is CCn1nc(C)cc1C(=O)NCc1nn[nH]n1. The van der Waals surface area contributed by atoms with E-state index in [9.17, 15) is 4.79 Å². The van der Waals surface area contributed by atoms with Crippen molar-refractivity contribution in [3.05, 3.63) is 23.3 Å². The van der Waals surface area contributed by atoms with Crippen LogP contribution < -0.4 is 5.32 Å². The molecule has 0 spiro atoms. The molecule has 2 aromatic rings. The molecule has 2 heterocycles. The monoisotopic (exact) mass is 235 g/mol. The highest BCUT2D eigenvalue weighted by molar-refractivity contribution is 5.92. The van der Waals surface area contributed by atoms with Crippen LogP contribution >= 0.6 is 0 Å². The maximum Gasteiger partial charge on any atom is 0.269 e. The Morgan fingerprint density at radius 3 is 3.06 bits per heavy atom. The van der Waals surface area contributed by atoms with Crippen LogP contribution in [-0.2, 0) is 13.1 Å². The van der Waals surface area contributed by atoms with E-state index >= 15 is 0 Å². The predicted molar refractivity (Wildman–Crippen MR) is 58.0 cm³/mol. The summed E-state index contributed by atoms with van der Waals surface area (Å²) < 4.78 is 1.65. The number of aryl methyl sites for hydroxylation is 2. The van der Waals surface area contributed by atoms with Gasteiger partial charge in [-0.3, -0.25) is 9.48 Å². The summed E-state index contributed by atoms with van der Waals surface area (Å²) in [7, 11) is 0. The number of carbonyl (C=O) groups excluding carboxylic acids is 1. The molecule has 0 radical (unpaired) electrons. The topological polar surface area (TPSA) is 101 Å². The first kappa shape index (κ1) is 11.2. The number of tetrazole rings is 1. The van der Waals surface area contributed by atoms with Crippen LogP contribution in [0.25, 0.3) is 0 Å². The molecule has 2 rings (SSSR count). The smallest absolute Gasteiger partial charge is 0.269 e. The van der Waals surface area contributed by atoms with Crippen molar-refractivity contribution >= 4 is 5.91 Å². The van der Waals surface area contributed by atoms with Gasteiger partial charge < -0.3 is 5.32 Å². The van der Waals surface area contributed by atoms with E-state index in [-0.39, 0.29) is 12.5 Å². The average molecular weight is 235 g/mol. The normalized spacial score (nSPS) is 10.5. The van der Waals surface area contributed by atoms with E-state index < -0.39 is 0 Å². The second-order valence-electron chi connectivity index (χ2n) is 3.50. The van der Waals surface area contributed by atoms with Crippen LogP contribution in [0.3, 0.4) is 0 Å². The van der Waals surface area contributed by atoms with Gasteiger partial charge in [-0.15, -0.1) is 10.2 Å². The van der Waals surface area contributed by atoms with Crippen molar-refractivity contribution in [3.8, 4) is 0 Å². The average Bonchev–Trinajstić information content (AvgIpc) is 2.94. The van der Waals surface area contributed by atoms with Gasteiger partial charge in [0.05, 0.1) is 12.2 Å². The Morgan fingerprint density at radius 1 is 1.59 bits per heavy atom. The van der Waals surface area contributed by atoms with Gasteiger partial charge in [0, 0.05) is 6.54 Å². The molecule has 1 amide bonds. The highest BCUT2D eigenvalue weighted by atomic mass is 16.2. The molecule has 0 saturated carbocycles. The van der Waals surface area contributed by atoms with Gasteiger partial charge in [0.1, 0.15) is 5.69 Å². The summed E-state index contributed by atoms with van der Waals surface area (Å²) in [4.78, 5) is 11.9. The Morgan fingerprint density at radius 2 is 2.41 bits per heavy atom. The maximum atomic E-state index is 11.9. The fourth-order valence-corrected chi connectivity index (χ4v) is 1.48. The Bertz CT molecular complexity index is 501. The molecule has 0 atom stereocenters. The number of nitrogens with zero attached hydrogens (tertiary/aromatic N) is 5. The lowest BCUT2D eigenvalue weighted by atomic mass is 10.3. The van der Waals surface area contributed by atoms with Crippen LogP contribution in [0.5, 0.6) is 0 Å². The first-order chi connectivity index (χ1) is 8.20. The third kappa shape index (κ3) is 2.47. The predicted octanol–water partition coefficient (Wildman–Crippen LogP) is -0.345. The summed E-state index contributed by atoms with van der Waals surface area (Å²) in [6, 6.07) is 1.75. The standard InChI is InChI=1S/C9H13N7O/c1-3-16-7(4-6(2)13-16)9(17)10-5-8-11-14-15-12-8/h4H,3,5H2,1-2H3,(H,10,17)(H,11,12,14,15). The summed E-state index contributed by atoms with van der Waals surface area (Å²) in [6.45, 7) is 4.67. The van der Waals surface area contributed by atoms with Gasteiger partial charge in [-0.05, 0) is 19.9 Å². The van der Waals surface area contributed by atoms with Crippen molar-refractivity contribution in [1.82, 2.24) is 35.7 Å². The molecule has 0 saturated heterocycles. The zero-order valence-electron chi connectivity index (χ0n) is 9.64. The third-order valence-electron chi connectivity index (χ3n) is 2.23. The van der Waals surface area contributed by atoms with E-state index in [0.717, 1.165) is 5.69 Å². The van der Waals surface area contributed by atoms with Crippen LogP contribution in [0.2, 0.25) is 0 Å². The Labute approximate surface area is 97.4 Å². The molecule has 90 valence electrons. The molecule has 0 bridgehead atoms. The molecule has 17 heavy (non-hydrogen) atoms. The van der Waals surface area contributed by atoms with Crippen LogP contribution in [0.4, 0.5) is 0 Å². The van der Waals surface area contributed by atoms with Gasteiger partial charge in [0.25, 0.3) is 5.91 Å². The largest absolute Gasteiger partial charge is 0.343 e. The van der Waals surface area contributed by atoms with Crippen molar-refractivity contribution in [1.29, 1.82) is 0 Å². The minimum absolute atomic E-state index is 0.197. The lowest BCUT2D eigenvalue weighted by Crippen LogP contribution is -2.26. The third-order valence-corrected chi connectivity index (χ3v) is 2.23. The van der Waals surface area contributed by atoms with Crippen molar-refractivity contribution in [2.24, 2.45) is 0 Å². The number of hydrogen-bond acceptors (Lipinski definition) is 5. The molecule has 0 aromatic carbocycles. The highest BCUT2D eigenvalue weighted by Gasteiger charge is 2.13. The number of hydrogen-bond donors (Lipinski definition) is 2. The number of H-pyrrole nitrogens is 1. The maximum absolute atomic E-state index is 11.9. The summed E-state index contributed by atoms with van der Waals surface area (Å²) in [5.74, 6) is 0.245. The molecule has 0 unspecified atom stereocenters. The summed E-state index contributed by atoms with van der Waals surface area (Å²) in [5.41, 5.74) is 1.35. The molecule has 2 N–H and O–H groups in total. The van der Waals surface area contributed by atoms with Crippen LogP contribution in [-0.4, -0.2) is 36.3 Å². The fraction of sp³-hybridized carbons (Fsp3) is 0.444. The number of nitrogens with one attached hydrogen (secondary N) is 2. The Hall–Kier alpha value is -2.25. The van der Waals surface area contributed by atoms with Gasteiger partial charge >= 0.3 is 0 Å². The lowest BCUT2D eigenvalue weighted by Gasteiger charge is -2.04. The van der Waals surface area contributed by atoms with Gasteiger partial charge in [-0.2, -0.15) is 10.3 Å². The number of aromatic nitrogens is 6. The first-order valence-electron chi connectivity index (χ1n) is 5.25. The van der Waals surface area contributed by atoms with Crippen LogP contribution in [0.15, 0.2) is 6.07 Å². The van der Waals surface area contributed by atoms with Gasteiger partial charge in [0.2, 0.25) is 0 Å². The minimum atomic E-state index is -0.197. The van der Waals surface area contributed by atoms with E-state index in [2.05, 4.69) is 31.0 Å². The summed E-state index contributed by atoms with van der Waals surface area (Å²) in [6.07, 6.45) is 0. The molecule has 0 aliphatic carbocycles. The zero-order chi connectivity index (χ0) is 12.3. The van der Waals surface area contributed by atoms with E-state index in [1.165, 1.54) is 0 Å². The van der Waals surface area contributed by atoms with Crippen molar-refractivity contribution in [2.75, 3.05) is 0 Å². The molecule has 0 fully saturated rings. The quantitative estimate of drug-likeness (QED) is 0.754. The molecule has 8 heteroatoms. The second-order valence-corrected chi connectivity index (χ2v) is 3.50. The second kappa shape index (κ2) is 4.73. The molecular weight excluding hydrogens is 222 g/mol. The first-order valence-corrected chi connectivity index (χ1v) is 5.25. The molecule has 0 aliphatic heterocycles. The van der Waals surface area contributed by atoms with Crippen molar-refractivity contribution < 1.29 is 4.79 Å². The minimum Gasteiger partial charge on any atom is -0.343 e. The van der Waals surface area contributed by atoms with Gasteiger partial charge in [0.15, 0.2) is 5.82 Å². The number of aromatic amines is 1. The summed E-state index contributed by atoms with van der Waals surface area (Å²) >= 11 is 0. The van der Waals surface area contributed by atoms with E-state index in [1.54, 1.807) is 10.7 Å². The van der Waals surface area contributed by atoms with Crippen molar-refractivity contribution in [3.63, 3.8) is 0 Å². The fourth-order valence-electron chi connectivity index (χ4n) is 1.48. The van der Waals surface area contributed by atoms with E-state index in [1.807, 2.05) is 13.8 Å². The Kier molecular flexibility index (Phi) is 3.12. The van der Waals surface area contributed by atoms with Crippen LogP contribution in [0.1, 0.15) is 28.9 Å². The number of carbonyl (C=O) groups is 1. The molecule has 0 aliphatic rings.